The van der Waals surface area contributed by atoms with Gasteiger partial charge in [-0.2, -0.15) is 0 Å². The van der Waals surface area contributed by atoms with Crippen LogP contribution >= 0.6 is 0 Å². The van der Waals surface area contributed by atoms with Gasteiger partial charge in [-0.05, 0) is 18.3 Å². The van der Waals surface area contributed by atoms with Gasteiger partial charge < -0.3 is 15.3 Å². The van der Waals surface area contributed by atoms with Crippen molar-refractivity contribution < 1.29 is 14.7 Å². The van der Waals surface area contributed by atoms with Gasteiger partial charge in [0.25, 0.3) is 0 Å². The molecular formula is C13H24N2O3. The first-order chi connectivity index (χ1) is 8.35. The van der Waals surface area contributed by atoms with Crippen LogP contribution in [-0.4, -0.2) is 48.6 Å². The van der Waals surface area contributed by atoms with Gasteiger partial charge in [-0.15, -0.1) is 0 Å². The van der Waals surface area contributed by atoms with Gasteiger partial charge in [0.15, 0.2) is 0 Å². The van der Waals surface area contributed by atoms with Crippen LogP contribution in [0.3, 0.4) is 0 Å². The number of aliphatic hydroxyl groups excluding tert-OH is 1. The van der Waals surface area contributed by atoms with E-state index in [1.54, 1.807) is 11.9 Å². The molecule has 0 aromatic heterocycles. The molecule has 0 saturated carbocycles. The highest BCUT2D eigenvalue weighted by Crippen LogP contribution is 2.22. The highest BCUT2D eigenvalue weighted by Gasteiger charge is 2.32. The number of amides is 2. The highest BCUT2D eigenvalue weighted by molar-refractivity contribution is 5.89. The van der Waals surface area contributed by atoms with Gasteiger partial charge >= 0.3 is 0 Å². The summed E-state index contributed by atoms with van der Waals surface area (Å²) >= 11 is 0. The molecule has 0 radical (unpaired) electrons. The molecule has 0 bridgehead atoms. The van der Waals surface area contributed by atoms with Crippen molar-refractivity contribution in [1.29, 1.82) is 0 Å². The maximum absolute atomic E-state index is 11.9. The molecule has 1 heterocycles. The maximum atomic E-state index is 11.9. The molecule has 2 N–H and O–H groups in total. The van der Waals surface area contributed by atoms with E-state index in [0.717, 1.165) is 12.8 Å². The largest absolute Gasteiger partial charge is 0.396 e. The molecule has 1 aliphatic rings. The predicted octanol–water partition coefficient (Wildman–Crippen LogP) is 0.380. The van der Waals surface area contributed by atoms with Crippen molar-refractivity contribution in [1.82, 2.24) is 10.2 Å². The summed E-state index contributed by atoms with van der Waals surface area (Å²) in [5.41, 5.74) is -0.0209. The molecule has 0 spiro atoms. The molecular weight excluding hydrogens is 232 g/mol. The zero-order valence-electron chi connectivity index (χ0n) is 11.5. The summed E-state index contributed by atoms with van der Waals surface area (Å²) in [7, 11) is 1.72. The van der Waals surface area contributed by atoms with Crippen LogP contribution < -0.4 is 5.32 Å². The number of likely N-dealkylation sites (tertiary alicyclic amines) is 1. The summed E-state index contributed by atoms with van der Waals surface area (Å²) in [4.78, 5) is 24.9. The SMILES string of the molecule is CN1CC(C(=O)NCC(C)(C)CCCO)CC1=O. The van der Waals surface area contributed by atoms with Crippen LogP contribution in [0.2, 0.25) is 0 Å². The number of carbonyl (C=O) groups is 2. The molecule has 1 unspecified atom stereocenters. The second kappa shape index (κ2) is 6.18. The van der Waals surface area contributed by atoms with Gasteiger partial charge in [0, 0.05) is 33.2 Å². The smallest absolute Gasteiger partial charge is 0.225 e. The Kier molecular flexibility index (Phi) is 5.14. The van der Waals surface area contributed by atoms with E-state index in [4.69, 9.17) is 5.11 Å². The lowest BCUT2D eigenvalue weighted by Gasteiger charge is -2.25. The molecule has 18 heavy (non-hydrogen) atoms. The molecule has 5 heteroatoms. The standard InChI is InChI=1S/C13H24N2O3/c1-13(2,5-4-6-16)9-14-12(18)10-7-11(17)15(3)8-10/h10,16H,4-9H2,1-3H3,(H,14,18). The van der Waals surface area contributed by atoms with Crippen molar-refractivity contribution in [2.75, 3.05) is 26.7 Å². The molecule has 104 valence electrons. The molecule has 5 nitrogen and oxygen atoms in total. The Bertz CT molecular complexity index is 315. The van der Waals surface area contributed by atoms with Gasteiger partial charge in [0.2, 0.25) is 11.8 Å². The zero-order valence-corrected chi connectivity index (χ0v) is 11.5. The minimum Gasteiger partial charge on any atom is -0.396 e. The van der Waals surface area contributed by atoms with E-state index in [9.17, 15) is 9.59 Å². The Morgan fingerprint density at radius 2 is 2.22 bits per heavy atom. The number of nitrogens with one attached hydrogen (secondary N) is 1. The number of carbonyl (C=O) groups excluding carboxylic acids is 2. The molecule has 0 aromatic rings. The highest BCUT2D eigenvalue weighted by atomic mass is 16.3. The number of rotatable bonds is 6. The zero-order chi connectivity index (χ0) is 13.8. The third-order valence-corrected chi connectivity index (χ3v) is 3.46. The molecule has 1 fully saturated rings. The fourth-order valence-electron chi connectivity index (χ4n) is 2.16. The minimum absolute atomic E-state index is 0.0209. The molecule has 1 aliphatic heterocycles. The molecule has 1 atom stereocenters. The third kappa shape index (κ3) is 4.29. The van der Waals surface area contributed by atoms with E-state index in [-0.39, 0.29) is 29.8 Å². The van der Waals surface area contributed by atoms with Crippen LogP contribution in [-0.2, 0) is 9.59 Å². The fourth-order valence-corrected chi connectivity index (χ4v) is 2.16. The summed E-state index contributed by atoms with van der Waals surface area (Å²) in [5, 5.41) is 11.7. The fraction of sp³-hybridized carbons (Fsp3) is 0.846. The quantitative estimate of drug-likeness (QED) is 0.722. The van der Waals surface area contributed by atoms with E-state index >= 15 is 0 Å². The van der Waals surface area contributed by atoms with E-state index < -0.39 is 0 Å². The molecule has 0 aliphatic carbocycles. The van der Waals surface area contributed by atoms with Crippen molar-refractivity contribution >= 4 is 11.8 Å². The summed E-state index contributed by atoms with van der Waals surface area (Å²) < 4.78 is 0. The van der Waals surface area contributed by atoms with Crippen LogP contribution in [0.1, 0.15) is 33.1 Å². The van der Waals surface area contributed by atoms with Crippen LogP contribution in [0, 0.1) is 11.3 Å². The molecule has 2 amide bonds. The number of hydrogen-bond acceptors (Lipinski definition) is 3. The second-order valence-electron chi connectivity index (χ2n) is 5.88. The third-order valence-electron chi connectivity index (χ3n) is 3.46. The topological polar surface area (TPSA) is 69.6 Å². The lowest BCUT2D eigenvalue weighted by molar-refractivity contribution is -0.128. The van der Waals surface area contributed by atoms with Crippen molar-refractivity contribution in [3.05, 3.63) is 0 Å². The van der Waals surface area contributed by atoms with Crippen LogP contribution in [0.5, 0.6) is 0 Å². The molecule has 1 saturated heterocycles. The summed E-state index contributed by atoms with van der Waals surface area (Å²) in [6, 6.07) is 0. The first-order valence-corrected chi connectivity index (χ1v) is 6.48. The monoisotopic (exact) mass is 256 g/mol. The van der Waals surface area contributed by atoms with Gasteiger partial charge in [-0.25, -0.2) is 0 Å². The lowest BCUT2D eigenvalue weighted by Crippen LogP contribution is -2.38. The lowest BCUT2D eigenvalue weighted by atomic mass is 9.87. The Morgan fingerprint density at radius 3 is 2.72 bits per heavy atom. The molecule has 1 rings (SSSR count). The van der Waals surface area contributed by atoms with Crippen LogP contribution in [0.4, 0.5) is 0 Å². The van der Waals surface area contributed by atoms with E-state index in [1.165, 1.54) is 0 Å². The average molecular weight is 256 g/mol. The average Bonchev–Trinajstić information content (AvgIpc) is 2.64. The Morgan fingerprint density at radius 1 is 1.56 bits per heavy atom. The summed E-state index contributed by atoms with van der Waals surface area (Å²) in [6.45, 7) is 5.41. The number of aliphatic hydroxyl groups is 1. The van der Waals surface area contributed by atoms with Crippen molar-refractivity contribution in [2.45, 2.75) is 33.1 Å². The maximum Gasteiger partial charge on any atom is 0.225 e. The predicted molar refractivity (Wildman–Crippen MR) is 68.9 cm³/mol. The number of hydrogen-bond donors (Lipinski definition) is 2. The normalized spacial score (nSPS) is 20.3. The summed E-state index contributed by atoms with van der Waals surface area (Å²) in [5.74, 6) is -0.212. The second-order valence-corrected chi connectivity index (χ2v) is 5.88. The van der Waals surface area contributed by atoms with Gasteiger partial charge in [-0.3, -0.25) is 9.59 Å². The number of nitrogens with zero attached hydrogens (tertiary/aromatic N) is 1. The minimum atomic E-state index is -0.212. The van der Waals surface area contributed by atoms with Crippen molar-refractivity contribution in [3.8, 4) is 0 Å². The van der Waals surface area contributed by atoms with E-state index in [2.05, 4.69) is 19.2 Å². The van der Waals surface area contributed by atoms with Crippen LogP contribution in [0.25, 0.3) is 0 Å². The van der Waals surface area contributed by atoms with E-state index in [0.29, 0.717) is 19.5 Å². The van der Waals surface area contributed by atoms with E-state index in [1.807, 2.05) is 0 Å². The first kappa shape index (κ1) is 15.0. The molecule has 0 aromatic carbocycles. The Labute approximate surface area is 109 Å². The van der Waals surface area contributed by atoms with Crippen molar-refractivity contribution in [3.63, 3.8) is 0 Å². The van der Waals surface area contributed by atoms with Crippen LogP contribution in [0.15, 0.2) is 0 Å². The van der Waals surface area contributed by atoms with Gasteiger partial charge in [0.05, 0.1) is 5.92 Å². The van der Waals surface area contributed by atoms with Gasteiger partial charge in [0.1, 0.15) is 0 Å². The summed E-state index contributed by atoms with van der Waals surface area (Å²) in [6.07, 6.45) is 1.93. The van der Waals surface area contributed by atoms with Crippen molar-refractivity contribution in [2.24, 2.45) is 11.3 Å². The Balaban J connectivity index is 2.35. The first-order valence-electron chi connectivity index (χ1n) is 6.48. The van der Waals surface area contributed by atoms with Gasteiger partial charge in [-0.1, -0.05) is 13.8 Å². The Hall–Kier alpha value is -1.10.